The minimum atomic E-state index is -0.0469. The van der Waals surface area contributed by atoms with E-state index >= 15 is 0 Å². The zero-order valence-electron chi connectivity index (χ0n) is 32.4. The molecule has 8 heteroatoms. The van der Waals surface area contributed by atoms with Gasteiger partial charge in [0.15, 0.2) is 0 Å². The van der Waals surface area contributed by atoms with Crippen LogP contribution in [0.25, 0.3) is 32.0 Å². The third kappa shape index (κ3) is 7.47. The Balaban J connectivity index is 1.51. The quantitative estimate of drug-likeness (QED) is 0.107. The zero-order valence-corrected chi connectivity index (χ0v) is 34.1. The van der Waals surface area contributed by atoms with E-state index in [1.807, 2.05) is 9.80 Å². The Kier molecular flexibility index (Phi) is 12.0. The Hall–Kier alpha value is -3.88. The number of amides is 2. The molecule has 0 N–H and O–H groups in total. The van der Waals surface area contributed by atoms with Gasteiger partial charge in [0.1, 0.15) is 0 Å². The molecule has 2 amide bonds. The second kappa shape index (κ2) is 16.4. The van der Waals surface area contributed by atoms with Crippen molar-refractivity contribution >= 4 is 67.0 Å². The van der Waals surface area contributed by atoms with Crippen molar-refractivity contribution in [3.05, 3.63) is 71.8 Å². The van der Waals surface area contributed by atoms with Gasteiger partial charge in [-0.2, -0.15) is 0 Å². The molecule has 276 valence electrons. The van der Waals surface area contributed by atoms with Gasteiger partial charge in [0.2, 0.25) is 0 Å². The van der Waals surface area contributed by atoms with Crippen LogP contribution in [0.2, 0.25) is 0 Å². The van der Waals surface area contributed by atoms with E-state index < -0.39 is 0 Å². The molecule has 52 heavy (non-hydrogen) atoms. The first-order chi connectivity index (χ1) is 25.1. The average molecular weight is 737 g/mol. The summed E-state index contributed by atoms with van der Waals surface area (Å²) in [5.74, 6) is 0.683. The number of hydrogen-bond donors (Lipinski definition) is 0. The third-order valence-corrected chi connectivity index (χ3v) is 13.5. The lowest BCUT2D eigenvalue weighted by Crippen LogP contribution is -2.34. The van der Waals surface area contributed by atoms with Gasteiger partial charge in [0, 0.05) is 62.2 Å². The molecule has 6 rings (SSSR count). The minimum Gasteiger partial charge on any atom is -0.370 e. The molecular formula is C44H56N4O2S2. The Morgan fingerprint density at radius 3 is 1.31 bits per heavy atom. The smallest absolute Gasteiger partial charge is 0.259 e. The van der Waals surface area contributed by atoms with Crippen LogP contribution in [0, 0.1) is 11.8 Å². The fraction of sp³-hybridized carbons (Fsp3) is 0.455. The Morgan fingerprint density at radius 1 is 0.577 bits per heavy atom. The molecule has 2 unspecified atom stereocenters. The number of carbonyl (C=O) groups excluding carboxylic acids is 2. The molecule has 2 aliphatic rings. The number of fused-ring (bicyclic) bond motifs is 2. The second-order valence-electron chi connectivity index (χ2n) is 14.9. The summed E-state index contributed by atoms with van der Waals surface area (Å²) in [6, 6.07) is 21.5. The van der Waals surface area contributed by atoms with Crippen LogP contribution in [0.15, 0.2) is 60.7 Å². The first-order valence-corrected chi connectivity index (χ1v) is 20.9. The molecule has 2 aliphatic heterocycles. The maximum atomic E-state index is 14.9. The van der Waals surface area contributed by atoms with Crippen LogP contribution in [-0.2, 0) is 9.59 Å². The molecule has 0 radical (unpaired) electrons. The zero-order chi connectivity index (χ0) is 37.1. The van der Waals surface area contributed by atoms with Crippen LogP contribution < -0.4 is 19.6 Å². The number of carbonyl (C=O) groups is 2. The van der Waals surface area contributed by atoms with E-state index in [1.54, 1.807) is 22.7 Å². The number of hydrogen-bond acceptors (Lipinski definition) is 6. The molecule has 2 aromatic heterocycles. The van der Waals surface area contributed by atoms with Gasteiger partial charge in [0.25, 0.3) is 11.8 Å². The lowest BCUT2D eigenvalue weighted by atomic mass is 9.95. The van der Waals surface area contributed by atoms with Gasteiger partial charge in [-0.25, -0.2) is 0 Å². The van der Waals surface area contributed by atoms with Gasteiger partial charge in [0.05, 0.1) is 32.5 Å². The number of thiophene rings is 2. The summed E-state index contributed by atoms with van der Waals surface area (Å²) in [5.41, 5.74) is 6.90. The van der Waals surface area contributed by atoms with Gasteiger partial charge in [-0.3, -0.25) is 9.59 Å². The Labute approximate surface area is 319 Å². The van der Waals surface area contributed by atoms with E-state index in [2.05, 4.69) is 126 Å². The van der Waals surface area contributed by atoms with Crippen LogP contribution in [-0.4, -0.2) is 53.1 Å². The predicted molar refractivity (Wildman–Crippen MR) is 226 cm³/mol. The first kappa shape index (κ1) is 37.9. The molecule has 0 spiro atoms. The molecule has 0 bridgehead atoms. The van der Waals surface area contributed by atoms with Crippen LogP contribution in [0.1, 0.15) is 90.2 Å². The van der Waals surface area contributed by atoms with E-state index in [9.17, 15) is 9.59 Å². The molecule has 4 heterocycles. The predicted octanol–water partition coefficient (Wildman–Crippen LogP) is 11.3. The minimum absolute atomic E-state index is 0.0469. The summed E-state index contributed by atoms with van der Waals surface area (Å²) in [6.07, 6.45) is 8.74. The normalized spacial score (nSPS) is 16.5. The molecular weight excluding hydrogens is 681 g/mol. The molecule has 0 fully saturated rings. The molecule has 6 nitrogen and oxygen atoms in total. The summed E-state index contributed by atoms with van der Waals surface area (Å²) < 4.78 is 0. The van der Waals surface area contributed by atoms with Crippen molar-refractivity contribution in [3.63, 3.8) is 0 Å². The maximum Gasteiger partial charge on any atom is 0.259 e. The van der Waals surface area contributed by atoms with Gasteiger partial charge >= 0.3 is 0 Å². The van der Waals surface area contributed by atoms with Crippen LogP contribution >= 0.6 is 22.7 Å². The highest BCUT2D eigenvalue weighted by Crippen LogP contribution is 2.50. The largest absolute Gasteiger partial charge is 0.370 e. The van der Waals surface area contributed by atoms with Crippen molar-refractivity contribution in [1.82, 2.24) is 0 Å². The van der Waals surface area contributed by atoms with Gasteiger partial charge in [-0.05, 0) is 72.2 Å². The van der Waals surface area contributed by atoms with E-state index in [0.29, 0.717) is 36.1 Å². The Bertz CT molecular complexity index is 1800. The Morgan fingerprint density at radius 2 is 0.981 bits per heavy atom. The van der Waals surface area contributed by atoms with Crippen molar-refractivity contribution in [2.45, 2.75) is 79.1 Å². The number of rotatable bonds is 16. The summed E-state index contributed by atoms with van der Waals surface area (Å²) in [6.45, 7) is 10.2. The molecule has 0 aliphatic carbocycles. The summed E-state index contributed by atoms with van der Waals surface area (Å²) in [4.78, 5) is 40.5. The lowest BCUT2D eigenvalue weighted by molar-refractivity contribution is -0.114. The van der Waals surface area contributed by atoms with E-state index in [-0.39, 0.29) is 11.8 Å². The topological polar surface area (TPSA) is 47.1 Å². The third-order valence-electron chi connectivity index (χ3n) is 10.9. The van der Waals surface area contributed by atoms with Crippen molar-refractivity contribution < 1.29 is 9.59 Å². The standard InChI is InChI=1S/C44H56N4O2S2/c1-9-13-15-29(11-3)27-47-35-25-31(37-21-23-39(51-37)45(5)6)17-19-33(35)41(43(47)49)42-34-20-18-32(38-22-24-40(52-38)46(7)8)26-36(34)48(44(42)50)28-30(12-4)16-14-10-2/h17-26,29-30H,9-16,27-28H2,1-8H3/b42-41-. The van der Waals surface area contributed by atoms with E-state index in [1.165, 1.54) is 19.8 Å². The maximum absolute atomic E-state index is 14.9. The molecule has 2 aromatic carbocycles. The van der Waals surface area contributed by atoms with Crippen molar-refractivity contribution in [3.8, 4) is 20.9 Å². The van der Waals surface area contributed by atoms with Crippen LogP contribution in [0.3, 0.4) is 0 Å². The number of benzene rings is 2. The average Bonchev–Trinajstić information content (AvgIpc) is 3.94. The van der Waals surface area contributed by atoms with Crippen LogP contribution in [0.4, 0.5) is 21.4 Å². The lowest BCUT2D eigenvalue weighted by Gasteiger charge is -2.24. The van der Waals surface area contributed by atoms with E-state index in [0.717, 1.165) is 85.0 Å². The van der Waals surface area contributed by atoms with Gasteiger partial charge in [-0.15, -0.1) is 22.7 Å². The molecule has 2 atom stereocenters. The molecule has 0 saturated heterocycles. The highest BCUT2D eigenvalue weighted by molar-refractivity contribution is 7.19. The molecule has 0 saturated carbocycles. The number of nitrogens with zero attached hydrogens (tertiary/aromatic N) is 4. The monoisotopic (exact) mass is 736 g/mol. The fourth-order valence-electron chi connectivity index (χ4n) is 7.60. The number of anilines is 4. The van der Waals surface area contributed by atoms with Gasteiger partial charge in [-0.1, -0.05) is 90.5 Å². The van der Waals surface area contributed by atoms with Crippen molar-refractivity contribution in [1.29, 1.82) is 0 Å². The highest BCUT2D eigenvalue weighted by Gasteiger charge is 2.43. The SMILES string of the molecule is CCCCC(CC)CN1C(=O)/C(=C2\C(=O)N(CC(CC)CCCC)c3cc(-c4ccc(N(C)C)s4)ccc32)c2ccc(-c3ccc(N(C)C)s3)cc21. The van der Waals surface area contributed by atoms with E-state index in [4.69, 9.17) is 0 Å². The van der Waals surface area contributed by atoms with Gasteiger partial charge < -0.3 is 19.6 Å². The first-order valence-electron chi connectivity index (χ1n) is 19.3. The van der Waals surface area contributed by atoms with Crippen molar-refractivity contribution in [2.75, 3.05) is 60.9 Å². The summed E-state index contributed by atoms with van der Waals surface area (Å²) in [5, 5.41) is 2.38. The van der Waals surface area contributed by atoms with Crippen LogP contribution in [0.5, 0.6) is 0 Å². The number of unbranched alkanes of at least 4 members (excludes halogenated alkanes) is 2. The summed E-state index contributed by atoms with van der Waals surface area (Å²) in [7, 11) is 8.26. The fourth-order valence-corrected chi connectivity index (χ4v) is 9.45. The van der Waals surface area contributed by atoms with Crippen molar-refractivity contribution in [2.24, 2.45) is 11.8 Å². The second-order valence-corrected chi connectivity index (χ2v) is 17.1. The summed E-state index contributed by atoms with van der Waals surface area (Å²) >= 11 is 3.50. The highest BCUT2D eigenvalue weighted by atomic mass is 32.1. The molecule has 4 aromatic rings.